The normalized spacial score (nSPS) is 34.3. The SMILES string of the molecule is COc1cccc(NC(=O)C2[C@H]3C=CC4(O3)C(C(=O)NC3CCCCC3)N(C3CC3)C(=O)[C@@H]24)c1. The van der Waals surface area contributed by atoms with Crippen LogP contribution in [0.5, 0.6) is 5.75 Å². The molecule has 34 heavy (non-hydrogen) atoms. The largest absolute Gasteiger partial charge is 0.497 e. The minimum absolute atomic E-state index is 0.0488. The molecule has 2 aliphatic carbocycles. The van der Waals surface area contributed by atoms with Gasteiger partial charge in [0.2, 0.25) is 17.7 Å². The molecular weight excluding hydrogens is 434 g/mol. The molecule has 2 bridgehead atoms. The number of carbonyl (C=O) groups excluding carboxylic acids is 3. The maximum absolute atomic E-state index is 13.8. The van der Waals surface area contributed by atoms with Crippen LogP contribution in [-0.2, 0) is 19.1 Å². The molecule has 3 heterocycles. The van der Waals surface area contributed by atoms with E-state index in [1.54, 1.807) is 36.3 Å². The number of anilines is 1. The van der Waals surface area contributed by atoms with Gasteiger partial charge in [0.25, 0.3) is 0 Å². The number of carbonyl (C=O) groups is 3. The number of nitrogens with one attached hydrogen (secondary N) is 2. The highest BCUT2D eigenvalue weighted by Crippen LogP contribution is 2.57. The molecule has 8 nitrogen and oxygen atoms in total. The van der Waals surface area contributed by atoms with E-state index >= 15 is 0 Å². The van der Waals surface area contributed by atoms with Gasteiger partial charge in [-0.1, -0.05) is 37.5 Å². The maximum atomic E-state index is 13.8. The van der Waals surface area contributed by atoms with Crippen molar-refractivity contribution in [3.63, 3.8) is 0 Å². The average Bonchev–Trinajstić information content (AvgIpc) is 3.44. The summed E-state index contributed by atoms with van der Waals surface area (Å²) in [6.45, 7) is 0. The van der Waals surface area contributed by atoms with Crippen molar-refractivity contribution in [2.75, 3.05) is 12.4 Å². The molecule has 6 rings (SSSR count). The Balaban J connectivity index is 1.28. The minimum Gasteiger partial charge on any atom is -0.497 e. The average molecular weight is 466 g/mol. The number of ether oxygens (including phenoxy) is 2. The minimum atomic E-state index is -1.08. The van der Waals surface area contributed by atoms with Crippen LogP contribution in [0.4, 0.5) is 5.69 Å². The molecule has 1 aromatic carbocycles. The molecular formula is C26H31N3O5. The van der Waals surface area contributed by atoms with Gasteiger partial charge in [-0.25, -0.2) is 0 Å². The summed E-state index contributed by atoms with van der Waals surface area (Å²) in [5.74, 6) is -1.30. The molecule has 1 aromatic rings. The highest BCUT2D eigenvalue weighted by atomic mass is 16.5. The van der Waals surface area contributed by atoms with E-state index < -0.39 is 29.6 Å². The van der Waals surface area contributed by atoms with Gasteiger partial charge >= 0.3 is 0 Å². The molecule has 4 fully saturated rings. The van der Waals surface area contributed by atoms with Crippen LogP contribution in [0.25, 0.3) is 0 Å². The third-order valence-electron chi connectivity index (χ3n) is 8.09. The Morgan fingerprint density at radius 2 is 1.91 bits per heavy atom. The number of rotatable bonds is 6. The summed E-state index contributed by atoms with van der Waals surface area (Å²) in [6.07, 6.45) is 10.3. The second kappa shape index (κ2) is 8.12. The summed E-state index contributed by atoms with van der Waals surface area (Å²) in [6, 6.07) is 6.59. The van der Waals surface area contributed by atoms with E-state index in [2.05, 4.69) is 10.6 Å². The van der Waals surface area contributed by atoms with Gasteiger partial charge in [0.05, 0.1) is 25.0 Å². The van der Waals surface area contributed by atoms with Crippen LogP contribution in [-0.4, -0.2) is 59.6 Å². The lowest BCUT2D eigenvalue weighted by atomic mass is 9.74. The van der Waals surface area contributed by atoms with Gasteiger partial charge in [-0.3, -0.25) is 14.4 Å². The smallest absolute Gasteiger partial charge is 0.246 e. The molecule has 3 unspecified atom stereocenters. The van der Waals surface area contributed by atoms with Gasteiger partial charge < -0.3 is 25.0 Å². The van der Waals surface area contributed by atoms with Gasteiger partial charge in [-0.05, 0) is 37.8 Å². The number of benzene rings is 1. The quantitative estimate of drug-likeness (QED) is 0.629. The van der Waals surface area contributed by atoms with Crippen molar-refractivity contribution in [1.82, 2.24) is 10.2 Å². The van der Waals surface area contributed by atoms with Crippen molar-refractivity contribution >= 4 is 23.4 Å². The number of hydrogen-bond donors (Lipinski definition) is 2. The molecule has 0 aromatic heterocycles. The van der Waals surface area contributed by atoms with Crippen LogP contribution in [0.15, 0.2) is 36.4 Å². The number of methoxy groups -OCH3 is 1. The van der Waals surface area contributed by atoms with Crippen molar-refractivity contribution < 1.29 is 23.9 Å². The zero-order valence-electron chi connectivity index (χ0n) is 19.4. The number of nitrogens with zero attached hydrogens (tertiary/aromatic N) is 1. The highest BCUT2D eigenvalue weighted by molar-refractivity contribution is 6.03. The number of fused-ring (bicyclic) bond motifs is 1. The Morgan fingerprint density at radius 1 is 1.12 bits per heavy atom. The first-order chi connectivity index (χ1) is 16.5. The molecule has 5 atom stereocenters. The van der Waals surface area contributed by atoms with Crippen molar-refractivity contribution in [1.29, 1.82) is 0 Å². The van der Waals surface area contributed by atoms with Crippen molar-refractivity contribution in [3.8, 4) is 5.75 Å². The zero-order chi connectivity index (χ0) is 23.4. The molecule has 2 saturated heterocycles. The van der Waals surface area contributed by atoms with Gasteiger partial charge in [-0.2, -0.15) is 0 Å². The maximum Gasteiger partial charge on any atom is 0.246 e. The summed E-state index contributed by atoms with van der Waals surface area (Å²) < 4.78 is 11.6. The third-order valence-corrected chi connectivity index (χ3v) is 8.09. The van der Waals surface area contributed by atoms with E-state index in [-0.39, 0.29) is 29.8 Å². The fraction of sp³-hybridized carbons (Fsp3) is 0.577. The van der Waals surface area contributed by atoms with E-state index in [4.69, 9.17) is 9.47 Å². The Labute approximate surface area is 199 Å². The monoisotopic (exact) mass is 465 g/mol. The summed E-state index contributed by atoms with van der Waals surface area (Å²) in [7, 11) is 1.57. The second-order valence-electron chi connectivity index (χ2n) is 10.2. The fourth-order valence-electron chi connectivity index (χ4n) is 6.41. The van der Waals surface area contributed by atoms with Crippen LogP contribution in [0.2, 0.25) is 0 Å². The predicted molar refractivity (Wildman–Crippen MR) is 124 cm³/mol. The first-order valence-corrected chi connectivity index (χ1v) is 12.5. The second-order valence-corrected chi connectivity index (χ2v) is 10.2. The van der Waals surface area contributed by atoms with E-state index in [9.17, 15) is 14.4 Å². The van der Waals surface area contributed by atoms with Crippen molar-refractivity contribution in [3.05, 3.63) is 36.4 Å². The van der Waals surface area contributed by atoms with Gasteiger partial charge in [0, 0.05) is 23.8 Å². The molecule has 3 aliphatic heterocycles. The van der Waals surface area contributed by atoms with Crippen LogP contribution in [0.1, 0.15) is 44.9 Å². The van der Waals surface area contributed by atoms with E-state index in [0.717, 1.165) is 38.5 Å². The van der Waals surface area contributed by atoms with Gasteiger partial charge in [0.15, 0.2) is 0 Å². The standard InChI is InChI=1S/C26H31N3O5/c1-33-18-9-5-8-16(14-18)28-23(30)20-19-12-13-26(34-19)21(20)25(32)29(17-10-11-17)22(26)24(31)27-15-6-3-2-4-7-15/h5,8-9,12-15,17,19-22H,2-4,6-7,10-11H2,1H3,(H,27,31)(H,28,30)/t19-,20?,21-,22?,26?/m1/s1. The molecule has 2 saturated carbocycles. The number of hydrogen-bond acceptors (Lipinski definition) is 5. The number of likely N-dealkylation sites (tertiary alicyclic amines) is 1. The molecule has 0 radical (unpaired) electrons. The Morgan fingerprint density at radius 3 is 2.65 bits per heavy atom. The topological polar surface area (TPSA) is 97.0 Å². The Kier molecular flexibility index (Phi) is 5.17. The molecule has 8 heteroatoms. The lowest BCUT2D eigenvalue weighted by Crippen LogP contribution is -2.57. The molecule has 180 valence electrons. The first kappa shape index (κ1) is 21.6. The van der Waals surface area contributed by atoms with E-state index in [0.29, 0.717) is 11.4 Å². The summed E-state index contributed by atoms with van der Waals surface area (Å²) in [4.78, 5) is 42.6. The fourth-order valence-corrected chi connectivity index (χ4v) is 6.41. The summed E-state index contributed by atoms with van der Waals surface area (Å²) in [5.41, 5.74) is -0.485. The van der Waals surface area contributed by atoms with Gasteiger partial charge in [0.1, 0.15) is 17.4 Å². The lowest BCUT2D eigenvalue weighted by Gasteiger charge is -2.34. The Bertz CT molecular complexity index is 1050. The molecule has 1 spiro atoms. The van der Waals surface area contributed by atoms with E-state index in [1.165, 1.54) is 6.42 Å². The first-order valence-electron chi connectivity index (χ1n) is 12.5. The Hall–Kier alpha value is -2.87. The zero-order valence-corrected chi connectivity index (χ0v) is 19.4. The van der Waals surface area contributed by atoms with Crippen LogP contribution < -0.4 is 15.4 Å². The summed E-state index contributed by atoms with van der Waals surface area (Å²) >= 11 is 0. The van der Waals surface area contributed by atoms with Crippen molar-refractivity contribution in [2.45, 2.75) is 74.8 Å². The lowest BCUT2D eigenvalue weighted by molar-refractivity contribution is -0.142. The highest BCUT2D eigenvalue weighted by Gasteiger charge is 2.74. The van der Waals surface area contributed by atoms with Crippen LogP contribution in [0, 0.1) is 11.8 Å². The third kappa shape index (κ3) is 3.34. The predicted octanol–water partition coefficient (Wildman–Crippen LogP) is 2.40. The number of amides is 3. The summed E-state index contributed by atoms with van der Waals surface area (Å²) in [5, 5.41) is 6.16. The van der Waals surface area contributed by atoms with Gasteiger partial charge in [-0.15, -0.1) is 0 Å². The molecule has 3 amide bonds. The molecule has 5 aliphatic rings. The molecule has 2 N–H and O–H groups in total. The van der Waals surface area contributed by atoms with Crippen LogP contribution >= 0.6 is 0 Å². The van der Waals surface area contributed by atoms with Crippen molar-refractivity contribution in [2.24, 2.45) is 11.8 Å². The van der Waals surface area contributed by atoms with E-state index in [1.807, 2.05) is 12.2 Å². The van der Waals surface area contributed by atoms with Crippen LogP contribution in [0.3, 0.4) is 0 Å².